The topological polar surface area (TPSA) is 131 Å². The molecule has 0 fully saturated rings. The second kappa shape index (κ2) is 35.9. The Hall–Kier alpha value is -2.56. The standard InChI is InChI=1S/C49H85NO10P/c1-5-6-7-8-9-10-11-13-16-19-22-25-28-31-47(51)56-41-45(42-58-61(54)57-39-37-50(2,3)4)59-48(52)32-29-26-23-20-17-14-12-15-18-21-24-27-30-38-55-44-35-33-43-34-36-49(53)60-46(43)40-44/h33-36,40,45,54H,5-32,37-39,41-42H2,1-4H3/q+1. The van der Waals surface area contributed by atoms with Crippen molar-refractivity contribution in [3.63, 3.8) is 0 Å². The van der Waals surface area contributed by atoms with Crippen LogP contribution in [0.5, 0.6) is 5.75 Å². The van der Waals surface area contributed by atoms with Crippen molar-refractivity contribution in [3.05, 3.63) is 40.8 Å². The highest BCUT2D eigenvalue weighted by Crippen LogP contribution is 2.33. The molecule has 350 valence electrons. The number of hydrogen-bond donors (Lipinski definition) is 1. The van der Waals surface area contributed by atoms with E-state index in [1.165, 1.54) is 115 Å². The van der Waals surface area contributed by atoms with E-state index in [9.17, 15) is 19.3 Å². The lowest BCUT2D eigenvalue weighted by Crippen LogP contribution is -2.37. The molecule has 0 aliphatic carbocycles. The Morgan fingerprint density at radius 3 is 1.66 bits per heavy atom. The minimum atomic E-state index is -2.14. The molecule has 12 heteroatoms. The maximum atomic E-state index is 12.7. The molecule has 0 saturated heterocycles. The molecule has 1 aromatic carbocycles. The first kappa shape index (κ1) is 54.6. The molecule has 11 nitrogen and oxygen atoms in total. The zero-order chi connectivity index (χ0) is 44.2. The van der Waals surface area contributed by atoms with E-state index in [0.29, 0.717) is 42.7 Å². The molecule has 0 aliphatic heterocycles. The highest BCUT2D eigenvalue weighted by Gasteiger charge is 2.21. The van der Waals surface area contributed by atoms with Crippen LogP contribution in [-0.2, 0) is 28.1 Å². The molecule has 0 radical (unpaired) electrons. The van der Waals surface area contributed by atoms with E-state index < -0.39 is 14.7 Å². The fraction of sp³-hybridized carbons (Fsp3) is 0.776. The van der Waals surface area contributed by atoms with E-state index in [2.05, 4.69) is 6.92 Å². The maximum absolute atomic E-state index is 12.7. The Bertz CT molecular complexity index is 1450. The Balaban J connectivity index is 1.49. The van der Waals surface area contributed by atoms with Crippen molar-refractivity contribution in [2.75, 3.05) is 54.1 Å². The van der Waals surface area contributed by atoms with Crippen LogP contribution in [0.25, 0.3) is 11.0 Å². The molecule has 2 unspecified atom stereocenters. The first-order valence-electron chi connectivity index (χ1n) is 24.1. The van der Waals surface area contributed by atoms with Crippen molar-refractivity contribution in [1.29, 1.82) is 0 Å². The van der Waals surface area contributed by atoms with E-state index in [4.69, 9.17) is 27.7 Å². The largest absolute Gasteiger partial charge is 0.493 e. The number of likely N-dealkylation sites (N-methyl/N-ethyl adjacent to an activating group) is 1. The van der Waals surface area contributed by atoms with Gasteiger partial charge in [-0.25, -0.2) is 4.79 Å². The molecular weight excluding hydrogens is 794 g/mol. The molecule has 0 bridgehead atoms. The molecule has 2 aromatic rings. The molecule has 2 atom stereocenters. The van der Waals surface area contributed by atoms with Crippen molar-refractivity contribution >= 4 is 31.5 Å². The molecule has 1 N–H and O–H groups in total. The molecular formula is C49H85NO10P+. The average Bonchev–Trinajstić information content (AvgIpc) is 3.22. The van der Waals surface area contributed by atoms with Gasteiger partial charge in [-0.3, -0.25) is 9.59 Å². The van der Waals surface area contributed by atoms with Crippen molar-refractivity contribution in [2.24, 2.45) is 0 Å². The molecule has 0 aliphatic rings. The Morgan fingerprint density at radius 2 is 1.11 bits per heavy atom. The van der Waals surface area contributed by atoms with Crippen LogP contribution < -0.4 is 10.4 Å². The number of ether oxygens (including phenoxy) is 3. The fourth-order valence-electron chi connectivity index (χ4n) is 7.12. The quantitative estimate of drug-likeness (QED) is 0.0226. The van der Waals surface area contributed by atoms with Gasteiger partial charge >= 0.3 is 26.2 Å². The number of esters is 2. The molecule has 1 heterocycles. The van der Waals surface area contributed by atoms with Gasteiger partial charge in [-0.2, -0.15) is 0 Å². The van der Waals surface area contributed by atoms with E-state index in [1.807, 2.05) is 33.3 Å². The third-order valence-corrected chi connectivity index (χ3v) is 11.7. The highest BCUT2D eigenvalue weighted by molar-refractivity contribution is 7.40. The van der Waals surface area contributed by atoms with Crippen molar-refractivity contribution in [2.45, 2.75) is 193 Å². The lowest BCUT2D eigenvalue weighted by Gasteiger charge is -2.24. The third kappa shape index (κ3) is 31.9. The lowest BCUT2D eigenvalue weighted by molar-refractivity contribution is -0.870. The number of carbonyl (C=O) groups is 2. The SMILES string of the molecule is CCCCCCCCCCCCCCCC(=O)OCC(COP(O)OCC[N+](C)(C)C)OC(=O)CCCCCCCCCCCCCCCOc1ccc2ccc(=O)oc2c1. The number of fused-ring (bicyclic) bond motifs is 1. The monoisotopic (exact) mass is 879 g/mol. The normalized spacial score (nSPS) is 12.7. The smallest absolute Gasteiger partial charge is 0.336 e. The van der Waals surface area contributed by atoms with E-state index in [1.54, 1.807) is 12.1 Å². The number of rotatable bonds is 41. The van der Waals surface area contributed by atoms with Crippen LogP contribution in [0.2, 0.25) is 0 Å². The van der Waals surface area contributed by atoms with Gasteiger partial charge in [0.15, 0.2) is 6.10 Å². The summed E-state index contributed by atoms with van der Waals surface area (Å²) in [5.41, 5.74) is 0.202. The number of benzene rings is 1. The molecule has 0 spiro atoms. The Kier molecular flexibility index (Phi) is 32.1. The summed E-state index contributed by atoms with van der Waals surface area (Å²) < 4.78 is 33.9. The van der Waals surface area contributed by atoms with Crippen LogP contribution in [0, 0.1) is 0 Å². The van der Waals surface area contributed by atoms with Crippen LogP contribution in [0.15, 0.2) is 39.5 Å². The van der Waals surface area contributed by atoms with Crippen LogP contribution >= 0.6 is 8.60 Å². The first-order valence-corrected chi connectivity index (χ1v) is 25.3. The maximum Gasteiger partial charge on any atom is 0.336 e. The van der Waals surface area contributed by atoms with E-state index in [0.717, 1.165) is 68.9 Å². The lowest BCUT2D eigenvalue weighted by atomic mass is 10.0. The minimum Gasteiger partial charge on any atom is -0.493 e. The van der Waals surface area contributed by atoms with Gasteiger partial charge < -0.3 is 37.1 Å². The summed E-state index contributed by atoms with van der Waals surface area (Å²) in [5.74, 6) is 0.0876. The van der Waals surface area contributed by atoms with Crippen LogP contribution in [0.3, 0.4) is 0 Å². The molecule has 0 amide bonds. The van der Waals surface area contributed by atoms with Crippen molar-refractivity contribution < 1.29 is 46.6 Å². The summed E-state index contributed by atoms with van der Waals surface area (Å²) >= 11 is 0. The van der Waals surface area contributed by atoms with Gasteiger partial charge in [-0.15, -0.1) is 0 Å². The molecule has 1 aromatic heterocycles. The zero-order valence-electron chi connectivity index (χ0n) is 38.8. The summed E-state index contributed by atoms with van der Waals surface area (Å²) in [5, 5.41) is 0.888. The van der Waals surface area contributed by atoms with Gasteiger partial charge in [0, 0.05) is 30.4 Å². The number of nitrogens with zero attached hydrogens (tertiary/aromatic N) is 1. The van der Waals surface area contributed by atoms with E-state index >= 15 is 0 Å². The van der Waals surface area contributed by atoms with E-state index in [-0.39, 0.29) is 30.8 Å². The second-order valence-corrected chi connectivity index (χ2v) is 18.8. The van der Waals surface area contributed by atoms with Gasteiger partial charge in [0.05, 0.1) is 34.4 Å². The van der Waals surface area contributed by atoms with Gasteiger partial charge in [-0.1, -0.05) is 155 Å². The summed E-state index contributed by atoms with van der Waals surface area (Å²) in [6.45, 7) is 3.76. The predicted octanol–water partition coefficient (Wildman–Crippen LogP) is 12.5. The molecule has 2 rings (SSSR count). The van der Waals surface area contributed by atoms with Gasteiger partial charge in [0.2, 0.25) is 0 Å². The number of hydrogen-bond acceptors (Lipinski definition) is 10. The predicted molar refractivity (Wildman–Crippen MR) is 248 cm³/mol. The van der Waals surface area contributed by atoms with Gasteiger partial charge in [0.1, 0.15) is 31.1 Å². The average molecular weight is 879 g/mol. The first-order chi connectivity index (χ1) is 29.6. The highest BCUT2D eigenvalue weighted by atomic mass is 31.2. The van der Waals surface area contributed by atoms with Gasteiger partial charge in [0.25, 0.3) is 0 Å². The summed E-state index contributed by atoms with van der Waals surface area (Å²) in [6, 6.07) is 8.79. The van der Waals surface area contributed by atoms with Crippen molar-refractivity contribution in [1.82, 2.24) is 0 Å². The zero-order valence-corrected chi connectivity index (χ0v) is 39.7. The van der Waals surface area contributed by atoms with Crippen molar-refractivity contribution in [3.8, 4) is 5.75 Å². The molecule has 61 heavy (non-hydrogen) atoms. The second-order valence-electron chi connectivity index (χ2n) is 17.8. The third-order valence-electron chi connectivity index (χ3n) is 10.9. The summed E-state index contributed by atoms with van der Waals surface area (Å²) in [4.78, 5) is 47.0. The van der Waals surface area contributed by atoms with Crippen LogP contribution in [0.4, 0.5) is 0 Å². The summed E-state index contributed by atoms with van der Waals surface area (Å²) in [7, 11) is 3.98. The fourth-order valence-corrected chi connectivity index (χ4v) is 7.73. The number of quaternary nitrogens is 1. The minimum absolute atomic E-state index is 0.101. The van der Waals surface area contributed by atoms with Crippen LogP contribution in [-0.4, -0.2) is 81.5 Å². The van der Waals surface area contributed by atoms with Crippen LogP contribution in [0.1, 0.15) is 187 Å². The summed E-state index contributed by atoms with van der Waals surface area (Å²) in [6.07, 6.45) is 30.8. The Morgan fingerprint density at radius 1 is 0.623 bits per heavy atom. The molecule has 0 saturated carbocycles. The Labute approximate surface area is 370 Å². The number of unbranched alkanes of at least 4 members (excludes halogenated alkanes) is 24. The number of carbonyl (C=O) groups excluding carboxylic acids is 2. The van der Waals surface area contributed by atoms with Gasteiger partial charge in [-0.05, 0) is 37.5 Å².